The monoisotopic (exact) mass is 407 g/mol. The molecule has 7 nitrogen and oxygen atoms in total. The predicted octanol–water partition coefficient (Wildman–Crippen LogP) is 2.51. The van der Waals surface area contributed by atoms with Crippen molar-refractivity contribution in [2.75, 3.05) is 6.54 Å². The molecule has 2 aromatic rings. The first-order valence-electron chi connectivity index (χ1n) is 8.64. The van der Waals surface area contributed by atoms with E-state index in [1.54, 1.807) is 30.3 Å². The smallest absolute Gasteiger partial charge is 0.356 e. The zero-order valence-electron chi connectivity index (χ0n) is 15.2. The lowest BCUT2D eigenvalue weighted by Crippen LogP contribution is -2.35. The standard InChI is InChI=1S/C20H22ClNO6/c1-12(22-11-17(23)14-3-2-4-15(21)10-14)9-13-5-7-16(8-6-13)28-18(19(24)25)20(26)27/h2-8,10,12,17-18,22-23H,9,11H2,1H3,(H,24,25)(H,26,27)/t12-,17+/m1/s1. The lowest BCUT2D eigenvalue weighted by atomic mass is 10.1. The Morgan fingerprint density at radius 2 is 1.75 bits per heavy atom. The van der Waals surface area contributed by atoms with Gasteiger partial charge in [-0.2, -0.15) is 0 Å². The highest BCUT2D eigenvalue weighted by atomic mass is 35.5. The fourth-order valence-electron chi connectivity index (χ4n) is 2.62. The number of carboxylic acid groups (broad SMARTS) is 2. The van der Waals surface area contributed by atoms with Gasteiger partial charge in [0.2, 0.25) is 0 Å². The first-order chi connectivity index (χ1) is 13.3. The second-order valence-corrected chi connectivity index (χ2v) is 6.84. The van der Waals surface area contributed by atoms with Crippen LogP contribution < -0.4 is 10.1 Å². The van der Waals surface area contributed by atoms with Crippen LogP contribution in [0.15, 0.2) is 48.5 Å². The molecule has 0 unspecified atom stereocenters. The summed E-state index contributed by atoms with van der Waals surface area (Å²) in [5, 5.41) is 31.7. The average Bonchev–Trinajstić information content (AvgIpc) is 2.65. The third-order valence-corrected chi connectivity index (χ3v) is 4.30. The maximum atomic E-state index is 10.9. The topological polar surface area (TPSA) is 116 Å². The van der Waals surface area contributed by atoms with E-state index in [9.17, 15) is 14.7 Å². The third-order valence-electron chi connectivity index (χ3n) is 4.06. The van der Waals surface area contributed by atoms with Gasteiger partial charge in [0, 0.05) is 17.6 Å². The Labute approximate surface area is 167 Å². The number of aliphatic hydroxyl groups is 1. The number of nitrogens with one attached hydrogen (secondary N) is 1. The van der Waals surface area contributed by atoms with Crippen LogP contribution in [0.4, 0.5) is 0 Å². The molecule has 0 aliphatic heterocycles. The highest BCUT2D eigenvalue weighted by Gasteiger charge is 2.27. The number of halogens is 1. The van der Waals surface area contributed by atoms with Crippen molar-refractivity contribution in [3.63, 3.8) is 0 Å². The summed E-state index contributed by atoms with van der Waals surface area (Å²) in [4.78, 5) is 21.7. The van der Waals surface area contributed by atoms with Crippen LogP contribution in [0, 0.1) is 0 Å². The van der Waals surface area contributed by atoms with Crippen molar-refractivity contribution in [2.45, 2.75) is 31.6 Å². The summed E-state index contributed by atoms with van der Waals surface area (Å²) in [6.45, 7) is 2.33. The average molecular weight is 408 g/mol. The Balaban J connectivity index is 1.86. The number of benzene rings is 2. The molecule has 0 spiro atoms. The van der Waals surface area contributed by atoms with Gasteiger partial charge in [0.25, 0.3) is 6.10 Å². The molecule has 0 aliphatic rings. The van der Waals surface area contributed by atoms with Crippen LogP contribution >= 0.6 is 11.6 Å². The lowest BCUT2D eigenvalue weighted by molar-refractivity contribution is -0.159. The Bertz CT molecular complexity index is 797. The molecule has 28 heavy (non-hydrogen) atoms. The molecule has 0 saturated carbocycles. The highest BCUT2D eigenvalue weighted by Crippen LogP contribution is 2.18. The van der Waals surface area contributed by atoms with E-state index in [1.165, 1.54) is 12.1 Å². The molecule has 2 aromatic carbocycles. The number of carbonyl (C=O) groups is 2. The molecule has 150 valence electrons. The SMILES string of the molecule is C[C@H](Cc1ccc(OC(C(=O)O)C(=O)O)cc1)NC[C@H](O)c1cccc(Cl)c1. The van der Waals surface area contributed by atoms with E-state index in [0.717, 1.165) is 11.1 Å². The van der Waals surface area contributed by atoms with Crippen LogP contribution in [-0.2, 0) is 16.0 Å². The van der Waals surface area contributed by atoms with Crippen molar-refractivity contribution in [3.05, 3.63) is 64.7 Å². The maximum Gasteiger partial charge on any atom is 0.356 e. The molecule has 0 amide bonds. The maximum absolute atomic E-state index is 10.9. The molecular weight excluding hydrogens is 386 g/mol. The van der Waals surface area contributed by atoms with E-state index < -0.39 is 24.1 Å². The molecule has 4 N–H and O–H groups in total. The van der Waals surface area contributed by atoms with E-state index in [-0.39, 0.29) is 11.8 Å². The summed E-state index contributed by atoms with van der Waals surface area (Å²) in [5.41, 5.74) is 1.69. The van der Waals surface area contributed by atoms with E-state index in [2.05, 4.69) is 5.32 Å². The summed E-state index contributed by atoms with van der Waals surface area (Å²) in [6, 6.07) is 13.7. The predicted molar refractivity (Wildman–Crippen MR) is 104 cm³/mol. The van der Waals surface area contributed by atoms with Crippen molar-refractivity contribution < 1.29 is 29.6 Å². The fraction of sp³-hybridized carbons (Fsp3) is 0.300. The molecule has 0 saturated heterocycles. The van der Waals surface area contributed by atoms with Gasteiger partial charge in [0.15, 0.2) is 0 Å². The van der Waals surface area contributed by atoms with Crippen LogP contribution in [0.25, 0.3) is 0 Å². The number of ether oxygens (including phenoxy) is 1. The normalized spacial score (nSPS) is 13.1. The molecule has 2 rings (SSSR count). The first-order valence-corrected chi connectivity index (χ1v) is 9.02. The van der Waals surface area contributed by atoms with Gasteiger partial charge < -0.3 is 25.4 Å². The van der Waals surface area contributed by atoms with Crippen molar-refractivity contribution in [1.82, 2.24) is 5.32 Å². The zero-order valence-corrected chi connectivity index (χ0v) is 16.0. The van der Waals surface area contributed by atoms with Crippen LogP contribution in [0.1, 0.15) is 24.2 Å². The molecule has 8 heteroatoms. The van der Waals surface area contributed by atoms with Gasteiger partial charge in [-0.15, -0.1) is 0 Å². The summed E-state index contributed by atoms with van der Waals surface area (Å²) in [5.74, 6) is -2.96. The Morgan fingerprint density at radius 3 is 2.32 bits per heavy atom. The molecular formula is C20H22ClNO6. The van der Waals surface area contributed by atoms with Crippen molar-refractivity contribution in [2.24, 2.45) is 0 Å². The minimum absolute atomic E-state index is 0.0615. The van der Waals surface area contributed by atoms with Gasteiger partial charge in [-0.3, -0.25) is 0 Å². The zero-order chi connectivity index (χ0) is 20.7. The second-order valence-electron chi connectivity index (χ2n) is 6.40. The van der Waals surface area contributed by atoms with E-state index in [0.29, 0.717) is 18.0 Å². The lowest BCUT2D eigenvalue weighted by Gasteiger charge is -2.18. The molecule has 2 atom stereocenters. The van der Waals surface area contributed by atoms with Gasteiger partial charge >= 0.3 is 11.9 Å². The van der Waals surface area contributed by atoms with Gasteiger partial charge in [-0.1, -0.05) is 35.9 Å². The third kappa shape index (κ3) is 6.53. The van der Waals surface area contributed by atoms with Gasteiger partial charge in [-0.05, 0) is 48.7 Å². The largest absolute Gasteiger partial charge is 0.478 e. The van der Waals surface area contributed by atoms with Gasteiger partial charge in [-0.25, -0.2) is 9.59 Å². The highest BCUT2D eigenvalue weighted by molar-refractivity contribution is 6.30. The number of aliphatic carboxylic acids is 2. The molecule has 0 aromatic heterocycles. The Morgan fingerprint density at radius 1 is 1.11 bits per heavy atom. The first kappa shape index (κ1) is 21.7. The molecule has 0 radical (unpaired) electrons. The summed E-state index contributed by atoms with van der Waals surface area (Å²) in [7, 11) is 0. The van der Waals surface area contributed by atoms with Crippen LogP contribution in [-0.4, -0.2) is 45.9 Å². The number of hydrogen-bond donors (Lipinski definition) is 4. The van der Waals surface area contributed by atoms with Gasteiger partial charge in [0.05, 0.1) is 6.10 Å². The molecule has 0 bridgehead atoms. The number of rotatable bonds is 10. The quantitative estimate of drug-likeness (QED) is 0.447. The minimum atomic E-state index is -1.94. The summed E-state index contributed by atoms with van der Waals surface area (Å²) in [6.07, 6.45) is -1.97. The van der Waals surface area contributed by atoms with E-state index >= 15 is 0 Å². The van der Waals surface area contributed by atoms with E-state index in [1.807, 2.05) is 13.0 Å². The van der Waals surface area contributed by atoms with Crippen molar-refractivity contribution in [3.8, 4) is 5.75 Å². The van der Waals surface area contributed by atoms with Crippen molar-refractivity contribution in [1.29, 1.82) is 0 Å². The number of aliphatic hydroxyl groups excluding tert-OH is 1. The van der Waals surface area contributed by atoms with Crippen LogP contribution in [0.2, 0.25) is 5.02 Å². The Hall–Kier alpha value is -2.61. The van der Waals surface area contributed by atoms with E-state index in [4.69, 9.17) is 26.6 Å². The molecule has 0 heterocycles. The molecule has 0 aliphatic carbocycles. The Kier molecular flexibility index (Phi) is 7.80. The number of hydrogen-bond acceptors (Lipinski definition) is 5. The summed E-state index contributed by atoms with van der Waals surface area (Å²) >= 11 is 5.93. The fourth-order valence-corrected chi connectivity index (χ4v) is 2.82. The minimum Gasteiger partial charge on any atom is -0.478 e. The summed E-state index contributed by atoms with van der Waals surface area (Å²) < 4.78 is 4.98. The van der Waals surface area contributed by atoms with Gasteiger partial charge in [0.1, 0.15) is 5.75 Å². The van der Waals surface area contributed by atoms with Crippen LogP contribution in [0.3, 0.4) is 0 Å². The van der Waals surface area contributed by atoms with Crippen molar-refractivity contribution >= 4 is 23.5 Å². The van der Waals surface area contributed by atoms with Crippen LogP contribution in [0.5, 0.6) is 5.75 Å². The number of carboxylic acids is 2. The molecule has 0 fully saturated rings. The second kappa shape index (κ2) is 10.1.